The highest BCUT2D eigenvalue weighted by atomic mass is 79.9. The quantitative estimate of drug-likeness (QED) is 0.0441. The number of Topliss-reactive ketones (excluding diaryl/α,β-unsaturated/α-hetero) is 1. The first-order valence-corrected chi connectivity index (χ1v) is 43.9. The number of hydrogen-bond acceptors (Lipinski definition) is 18. The van der Waals surface area contributed by atoms with Crippen molar-refractivity contribution in [3.05, 3.63) is 353 Å². The van der Waals surface area contributed by atoms with Gasteiger partial charge in [-0.25, -0.2) is 24.9 Å². The maximum Gasteiger partial charge on any atom is 0.494 e. The molecule has 17 aromatic rings. The van der Waals surface area contributed by atoms with E-state index in [-0.39, 0.29) is 46.5 Å². The minimum absolute atomic E-state index is 0.00981. The van der Waals surface area contributed by atoms with Crippen LogP contribution in [0.15, 0.2) is 337 Å². The van der Waals surface area contributed by atoms with Crippen molar-refractivity contribution >= 4 is 142 Å². The Labute approximate surface area is 769 Å². The van der Waals surface area contributed by atoms with E-state index in [1.165, 1.54) is 23.6 Å². The number of hydrogen-bond donors (Lipinski definition) is 1. The van der Waals surface area contributed by atoms with Crippen molar-refractivity contribution in [1.29, 1.82) is 0 Å². The lowest BCUT2D eigenvalue weighted by Gasteiger charge is -2.32. The van der Waals surface area contributed by atoms with Gasteiger partial charge in [0, 0.05) is 84.4 Å². The monoisotopic (exact) mass is 1840 g/mol. The number of carbonyl (C=O) groups excluding carboxylic acids is 2. The highest BCUT2D eigenvalue weighted by Crippen LogP contribution is 2.44. The zero-order valence-electron chi connectivity index (χ0n) is 73.5. The van der Waals surface area contributed by atoms with Gasteiger partial charge in [0.1, 0.15) is 10.8 Å². The van der Waals surface area contributed by atoms with E-state index in [2.05, 4.69) is 223 Å². The molecule has 0 amide bonds. The third kappa shape index (κ3) is 22.5. The second-order valence-electron chi connectivity index (χ2n) is 33.8. The minimum Gasteiger partial charge on any atom is -0.405 e. The molecule has 24 heteroatoms. The fourth-order valence-electron chi connectivity index (χ4n) is 13.8. The van der Waals surface area contributed by atoms with Gasteiger partial charge < -0.3 is 33.7 Å². The van der Waals surface area contributed by atoms with Gasteiger partial charge in [0.25, 0.3) is 0 Å². The van der Waals surface area contributed by atoms with Gasteiger partial charge >= 0.3 is 21.1 Å². The van der Waals surface area contributed by atoms with E-state index >= 15 is 0 Å². The van der Waals surface area contributed by atoms with Gasteiger partial charge in [-0.15, -0.1) is 0 Å². The molecule has 0 aliphatic carbocycles. The number of halogens is 3. The van der Waals surface area contributed by atoms with Gasteiger partial charge in [-0.05, 0) is 250 Å². The van der Waals surface area contributed by atoms with Crippen LogP contribution in [0.25, 0.3) is 122 Å². The summed E-state index contributed by atoms with van der Waals surface area (Å²) >= 11 is 12.6. The molecule has 0 unspecified atom stereocenters. The molecular weight excluding hydrogens is 1740 g/mol. The number of aldehydes is 1. The largest absolute Gasteiger partial charge is 0.494 e. The summed E-state index contributed by atoms with van der Waals surface area (Å²) < 4.78 is 38.1. The fourth-order valence-corrected chi connectivity index (χ4v) is 14.7. The molecule has 20 rings (SSSR count). The summed E-state index contributed by atoms with van der Waals surface area (Å²) in [7, 11) is -1.33. The maximum atomic E-state index is 10.6. The lowest BCUT2D eigenvalue weighted by Crippen LogP contribution is -2.41. The SMILES string of the molecule is Brc1ccc2ccc(-c3ccccn3)nc2c1.CC(=O)c1ccccn1.CC1(C)OB(B2OC(C)(C)C(C)(C)O2)OC1(C)C.CC1(C)OB(c2ccc3ccc(-c4ccccn4)nc3c2)OC1(C)C.Clc1ccc2ccc(-c3ccccc3)cc2n1.Nc1cc(Br)ccc1C=O.c1ccc(-c2ccc3ccc(-c4ccc5ccc(-c6ccccn6)nc5c4)nc3c2)cc1. The Morgan fingerprint density at radius 3 is 1.07 bits per heavy atom. The topological polar surface area (TPSA) is 232 Å². The molecule has 0 saturated carbocycles. The molecular formula is C104H96B3Br2ClN10O8. The van der Waals surface area contributed by atoms with Crippen LogP contribution < -0.4 is 11.2 Å². The van der Waals surface area contributed by atoms with Crippen LogP contribution in [0.1, 0.15) is 111 Å². The molecule has 3 aliphatic rings. The molecule has 9 aromatic heterocycles. The molecule has 3 aliphatic heterocycles. The van der Waals surface area contributed by atoms with E-state index < -0.39 is 14.0 Å². The molecule has 0 spiro atoms. The second kappa shape index (κ2) is 40.0. The van der Waals surface area contributed by atoms with Crippen molar-refractivity contribution in [3.8, 4) is 67.7 Å². The number of benzene rings is 8. The van der Waals surface area contributed by atoms with Crippen molar-refractivity contribution in [2.75, 3.05) is 5.73 Å². The molecule has 0 bridgehead atoms. The normalized spacial score (nSPS) is 15.1. The predicted molar refractivity (Wildman–Crippen MR) is 527 cm³/mol. The van der Waals surface area contributed by atoms with Crippen molar-refractivity contribution < 1.29 is 37.5 Å². The Balaban J connectivity index is 0.000000125. The summed E-state index contributed by atoms with van der Waals surface area (Å²) in [5.74, 6) is 0.00981. The first-order valence-electron chi connectivity index (χ1n) is 42.0. The number of fused-ring (bicyclic) bond motifs is 5. The molecule has 128 heavy (non-hydrogen) atoms. The van der Waals surface area contributed by atoms with Gasteiger partial charge in [0.2, 0.25) is 0 Å². The van der Waals surface area contributed by atoms with Crippen molar-refractivity contribution in [3.63, 3.8) is 0 Å². The Kier molecular flexibility index (Phi) is 28.7. The number of nitrogen functional groups attached to an aromatic ring is 1. The van der Waals surface area contributed by atoms with Gasteiger partial charge in [0.05, 0.1) is 101 Å². The average Bonchev–Trinajstić information content (AvgIpc) is 1.59. The van der Waals surface area contributed by atoms with Crippen LogP contribution in [-0.4, -0.2) is 112 Å². The molecule has 12 heterocycles. The third-order valence-electron chi connectivity index (χ3n) is 23.2. The Bertz CT molecular complexity index is 6440. The van der Waals surface area contributed by atoms with Gasteiger partial charge in [0.15, 0.2) is 12.1 Å². The molecule has 3 fully saturated rings. The van der Waals surface area contributed by atoms with E-state index in [1.807, 2.05) is 189 Å². The summed E-state index contributed by atoms with van der Waals surface area (Å²) in [6, 6.07) is 100. The molecule has 8 aromatic carbocycles. The minimum atomic E-state index is -0.476. The number of nitrogens with two attached hydrogens (primary N) is 1. The highest BCUT2D eigenvalue weighted by molar-refractivity contribution is 9.10. The second-order valence-corrected chi connectivity index (χ2v) is 36.0. The van der Waals surface area contributed by atoms with E-state index in [0.717, 1.165) is 126 Å². The van der Waals surface area contributed by atoms with E-state index in [1.54, 1.807) is 61.2 Å². The van der Waals surface area contributed by atoms with Crippen molar-refractivity contribution in [2.45, 2.75) is 124 Å². The number of ketones is 1. The summed E-state index contributed by atoms with van der Waals surface area (Å²) in [5.41, 5.74) is 22.6. The van der Waals surface area contributed by atoms with E-state index in [0.29, 0.717) is 22.1 Å². The van der Waals surface area contributed by atoms with Crippen LogP contribution in [0.4, 0.5) is 5.69 Å². The number of anilines is 1. The number of carbonyl (C=O) groups is 2. The van der Waals surface area contributed by atoms with Crippen LogP contribution in [0.5, 0.6) is 0 Å². The number of aromatic nitrogens is 9. The fraction of sp³-hybridized carbons (Fsp3) is 0.183. The van der Waals surface area contributed by atoms with Crippen LogP contribution >= 0.6 is 43.5 Å². The summed E-state index contributed by atoms with van der Waals surface area (Å²) in [6.07, 6.45) is 7.70. The number of rotatable bonds is 10. The van der Waals surface area contributed by atoms with Crippen LogP contribution in [-0.2, 0) is 27.9 Å². The standard InChI is InChI=1S/C29H19N3.C20H21BN2O2.C15H10ClN.C14H9BrN2.C12H24B2O4.C7H6BrNO.C7H7NO/c1-2-6-20(7-3-1)23-11-9-21-13-15-25(31-28(21)18-23)24-12-10-22-14-16-27(32-29(22)19-24)26-8-4-5-17-30-26;1-19(2)20(3,4)25-21(24-19)15-10-8-14-9-11-17(23-18(14)13-15)16-7-5-6-12-22-16;16-15-9-8-12-6-7-13(10-14(12)17-15)11-4-2-1-3-5-11;15-11-6-4-10-5-7-13(17-14(10)9-11)12-3-1-2-8-16-12;1-9(2)10(3,4)16-13(15-9)14-17-11(5,6)12(7,8)18-14;8-6-2-1-5(4-10)7(9)3-6;1-6(9)7-4-2-3-5-8-7/h1-19H;5-13H,1-4H3;1-10H;1-9H;1-8H3;1-4H,9H2;2-5H,1H3. The van der Waals surface area contributed by atoms with Crippen LogP contribution in [0.2, 0.25) is 5.15 Å². The maximum absolute atomic E-state index is 10.6. The lowest BCUT2D eigenvalue weighted by molar-refractivity contribution is 0.00578. The lowest BCUT2D eigenvalue weighted by atomic mass is 9.49. The predicted octanol–water partition coefficient (Wildman–Crippen LogP) is 24.8. The van der Waals surface area contributed by atoms with Gasteiger partial charge in [-0.2, -0.15) is 0 Å². The van der Waals surface area contributed by atoms with Gasteiger partial charge in [-0.3, -0.25) is 29.5 Å². The molecule has 0 atom stereocenters. The summed E-state index contributed by atoms with van der Waals surface area (Å²) in [6.45, 7) is 26.0. The first-order chi connectivity index (χ1) is 61.3. The van der Waals surface area contributed by atoms with Crippen LogP contribution in [0, 0.1) is 0 Å². The van der Waals surface area contributed by atoms with E-state index in [4.69, 9.17) is 60.2 Å². The Morgan fingerprint density at radius 2 is 0.664 bits per heavy atom. The smallest absolute Gasteiger partial charge is 0.405 e. The van der Waals surface area contributed by atoms with E-state index in [9.17, 15) is 9.59 Å². The third-order valence-corrected chi connectivity index (χ3v) is 24.4. The summed E-state index contributed by atoms with van der Waals surface area (Å²) in [4.78, 5) is 61.3. The van der Waals surface area contributed by atoms with Crippen LogP contribution in [0.3, 0.4) is 0 Å². The summed E-state index contributed by atoms with van der Waals surface area (Å²) in [5, 5.41) is 6.08. The molecule has 3 saturated heterocycles. The number of nitrogens with zero attached hydrogens (tertiary/aromatic N) is 9. The number of pyridine rings is 9. The molecule has 2 N–H and O–H groups in total. The zero-order chi connectivity index (χ0) is 90.6. The van der Waals surface area contributed by atoms with Crippen molar-refractivity contribution in [1.82, 2.24) is 44.9 Å². The Hall–Kier alpha value is -12.2. The molecule has 640 valence electrons. The Morgan fingerprint density at radius 1 is 0.328 bits per heavy atom. The highest BCUT2D eigenvalue weighted by Gasteiger charge is 2.64. The first kappa shape index (κ1) is 92.0. The zero-order valence-corrected chi connectivity index (χ0v) is 77.4. The average molecular weight is 1840 g/mol. The van der Waals surface area contributed by atoms with Gasteiger partial charge in [-0.1, -0.05) is 207 Å². The molecule has 18 nitrogen and oxygen atoms in total. The van der Waals surface area contributed by atoms with Crippen molar-refractivity contribution in [2.24, 2.45) is 0 Å². The molecule has 0 radical (unpaired) electrons.